The maximum absolute atomic E-state index is 12.6. The van der Waals surface area contributed by atoms with Gasteiger partial charge in [-0.1, -0.05) is 13.8 Å². The Balaban J connectivity index is 0.000000561. The summed E-state index contributed by atoms with van der Waals surface area (Å²) in [6.07, 6.45) is -0.823. The van der Waals surface area contributed by atoms with Crippen LogP contribution in [0.4, 0.5) is 4.39 Å². The van der Waals surface area contributed by atoms with Gasteiger partial charge in [-0.05, 0) is 13.8 Å². The molecule has 0 aromatic carbocycles. The maximum Gasteiger partial charge on any atom is 0.164 e. The minimum atomic E-state index is -0.823. The summed E-state index contributed by atoms with van der Waals surface area (Å²) in [6, 6.07) is 0.473. The Morgan fingerprint density at radius 1 is 1.42 bits per heavy atom. The van der Waals surface area contributed by atoms with Crippen molar-refractivity contribution in [3.05, 3.63) is 0 Å². The van der Waals surface area contributed by atoms with Gasteiger partial charge >= 0.3 is 0 Å². The van der Waals surface area contributed by atoms with Crippen LogP contribution >= 0.6 is 0 Å². The molecular formula is C9H21FN2. The van der Waals surface area contributed by atoms with E-state index in [0.717, 1.165) is 13.1 Å². The lowest BCUT2D eigenvalue weighted by molar-refractivity contribution is 0.101. The van der Waals surface area contributed by atoms with Crippen LogP contribution in [0.3, 0.4) is 0 Å². The van der Waals surface area contributed by atoms with Crippen LogP contribution in [-0.2, 0) is 0 Å². The summed E-state index contributed by atoms with van der Waals surface area (Å²) in [7, 11) is 0. The lowest BCUT2D eigenvalue weighted by Gasteiger charge is -2.32. The number of piperazine rings is 1. The van der Waals surface area contributed by atoms with Crippen LogP contribution < -0.4 is 5.32 Å². The van der Waals surface area contributed by atoms with Crippen molar-refractivity contribution < 1.29 is 4.39 Å². The number of alkyl halides is 1. The van der Waals surface area contributed by atoms with E-state index in [1.807, 2.05) is 13.8 Å². The molecule has 1 saturated heterocycles. The van der Waals surface area contributed by atoms with E-state index >= 15 is 0 Å². The highest BCUT2D eigenvalue weighted by Gasteiger charge is 2.19. The van der Waals surface area contributed by atoms with Crippen LogP contribution in [0, 0.1) is 0 Å². The van der Waals surface area contributed by atoms with Crippen molar-refractivity contribution in [3.8, 4) is 0 Å². The van der Waals surface area contributed by atoms with Gasteiger partial charge in [-0.3, -0.25) is 10.2 Å². The molecule has 0 bridgehead atoms. The Hall–Kier alpha value is -0.150. The van der Waals surface area contributed by atoms with Crippen LogP contribution in [-0.4, -0.2) is 36.9 Å². The number of nitrogens with zero attached hydrogens (tertiary/aromatic N) is 1. The standard InChI is InChI=1S/C7H15FN2.C2H6/c1-6(2)10-4-3-9-7(8)5-10;1-2/h6-7,9H,3-5H2,1-2H3;1-2H3. The van der Waals surface area contributed by atoms with Gasteiger partial charge in [0.05, 0.1) is 0 Å². The molecule has 1 aliphatic rings. The molecule has 1 unspecified atom stereocenters. The Morgan fingerprint density at radius 2 is 2.00 bits per heavy atom. The van der Waals surface area contributed by atoms with E-state index in [1.54, 1.807) is 0 Å². The van der Waals surface area contributed by atoms with Gasteiger partial charge in [0.2, 0.25) is 0 Å². The zero-order valence-electron chi connectivity index (χ0n) is 8.60. The van der Waals surface area contributed by atoms with E-state index in [4.69, 9.17) is 0 Å². The molecule has 0 amide bonds. The lowest BCUT2D eigenvalue weighted by Crippen LogP contribution is -2.50. The molecule has 1 heterocycles. The van der Waals surface area contributed by atoms with Crippen LogP contribution in [0.2, 0.25) is 0 Å². The van der Waals surface area contributed by atoms with Gasteiger partial charge < -0.3 is 0 Å². The molecule has 1 rings (SSSR count). The zero-order valence-corrected chi connectivity index (χ0v) is 8.60. The summed E-state index contributed by atoms with van der Waals surface area (Å²) >= 11 is 0. The first-order valence-corrected chi connectivity index (χ1v) is 4.81. The van der Waals surface area contributed by atoms with E-state index < -0.39 is 6.30 Å². The fourth-order valence-corrected chi connectivity index (χ4v) is 1.20. The molecule has 3 heteroatoms. The maximum atomic E-state index is 12.6. The highest BCUT2D eigenvalue weighted by Crippen LogP contribution is 2.03. The summed E-state index contributed by atoms with van der Waals surface area (Å²) in [4.78, 5) is 2.14. The van der Waals surface area contributed by atoms with E-state index in [0.29, 0.717) is 12.6 Å². The molecular weight excluding hydrogens is 155 g/mol. The third-order valence-corrected chi connectivity index (χ3v) is 1.89. The van der Waals surface area contributed by atoms with Gasteiger partial charge in [-0.15, -0.1) is 0 Å². The second kappa shape index (κ2) is 6.38. The molecule has 0 aromatic heterocycles. The van der Waals surface area contributed by atoms with Gasteiger partial charge in [-0.2, -0.15) is 0 Å². The van der Waals surface area contributed by atoms with Gasteiger partial charge in [0, 0.05) is 25.7 Å². The molecule has 74 valence electrons. The molecule has 0 radical (unpaired) electrons. The summed E-state index contributed by atoms with van der Waals surface area (Å²) in [6.45, 7) is 10.5. The first-order chi connectivity index (χ1) is 5.70. The molecule has 2 nitrogen and oxygen atoms in total. The monoisotopic (exact) mass is 176 g/mol. The number of halogens is 1. The average molecular weight is 176 g/mol. The molecule has 1 aliphatic heterocycles. The highest BCUT2D eigenvalue weighted by molar-refractivity contribution is 4.73. The normalized spacial score (nSPS) is 25.0. The highest BCUT2D eigenvalue weighted by atomic mass is 19.1. The zero-order chi connectivity index (χ0) is 9.56. The predicted octanol–water partition coefficient (Wildman–Crippen LogP) is 1.62. The molecule has 1 fully saturated rings. The lowest BCUT2D eigenvalue weighted by atomic mass is 10.2. The van der Waals surface area contributed by atoms with E-state index in [1.165, 1.54) is 0 Å². The molecule has 1 N–H and O–H groups in total. The fourth-order valence-electron chi connectivity index (χ4n) is 1.20. The van der Waals surface area contributed by atoms with Crippen molar-refractivity contribution in [2.45, 2.75) is 40.0 Å². The third kappa shape index (κ3) is 4.02. The number of hydrogen-bond acceptors (Lipinski definition) is 2. The van der Waals surface area contributed by atoms with Crippen molar-refractivity contribution in [1.29, 1.82) is 0 Å². The van der Waals surface area contributed by atoms with E-state index in [9.17, 15) is 4.39 Å². The summed E-state index contributed by atoms with van der Waals surface area (Å²) in [5.41, 5.74) is 0. The Labute approximate surface area is 75.1 Å². The minimum absolute atomic E-state index is 0.473. The number of nitrogens with one attached hydrogen (secondary N) is 1. The third-order valence-electron chi connectivity index (χ3n) is 1.89. The summed E-state index contributed by atoms with van der Waals surface area (Å²) in [5.74, 6) is 0. The summed E-state index contributed by atoms with van der Waals surface area (Å²) < 4.78 is 12.6. The molecule has 0 saturated carbocycles. The smallest absolute Gasteiger partial charge is 0.164 e. The van der Waals surface area contributed by atoms with Gasteiger partial charge in [0.1, 0.15) is 0 Å². The molecule has 0 aromatic rings. The Kier molecular flexibility index (Phi) is 6.30. The van der Waals surface area contributed by atoms with Crippen molar-refractivity contribution >= 4 is 0 Å². The van der Waals surface area contributed by atoms with Crippen LogP contribution in [0.15, 0.2) is 0 Å². The second-order valence-corrected chi connectivity index (χ2v) is 3.01. The van der Waals surface area contributed by atoms with E-state index in [2.05, 4.69) is 24.1 Å². The molecule has 1 atom stereocenters. The van der Waals surface area contributed by atoms with Gasteiger partial charge in [0.25, 0.3) is 0 Å². The average Bonchev–Trinajstić information content (AvgIpc) is 2.08. The van der Waals surface area contributed by atoms with Crippen molar-refractivity contribution in [2.75, 3.05) is 19.6 Å². The quantitative estimate of drug-likeness (QED) is 0.611. The van der Waals surface area contributed by atoms with Crippen LogP contribution in [0.1, 0.15) is 27.7 Å². The van der Waals surface area contributed by atoms with Crippen molar-refractivity contribution in [3.63, 3.8) is 0 Å². The molecule has 0 spiro atoms. The Morgan fingerprint density at radius 3 is 2.33 bits per heavy atom. The predicted molar refractivity (Wildman–Crippen MR) is 51.0 cm³/mol. The molecule has 0 aliphatic carbocycles. The fraction of sp³-hybridized carbons (Fsp3) is 1.00. The number of hydrogen-bond donors (Lipinski definition) is 1. The van der Waals surface area contributed by atoms with Crippen LogP contribution in [0.5, 0.6) is 0 Å². The summed E-state index contributed by atoms with van der Waals surface area (Å²) in [5, 5.41) is 2.76. The largest absolute Gasteiger partial charge is 0.295 e. The second-order valence-electron chi connectivity index (χ2n) is 3.01. The van der Waals surface area contributed by atoms with Crippen molar-refractivity contribution in [2.24, 2.45) is 0 Å². The van der Waals surface area contributed by atoms with Crippen molar-refractivity contribution in [1.82, 2.24) is 10.2 Å². The van der Waals surface area contributed by atoms with E-state index in [-0.39, 0.29) is 0 Å². The first-order valence-electron chi connectivity index (χ1n) is 4.81. The SMILES string of the molecule is CC.CC(C)N1CCNC(F)C1. The topological polar surface area (TPSA) is 15.3 Å². The first kappa shape index (κ1) is 11.8. The number of rotatable bonds is 1. The van der Waals surface area contributed by atoms with Gasteiger partial charge in [-0.25, -0.2) is 4.39 Å². The van der Waals surface area contributed by atoms with Gasteiger partial charge in [0.15, 0.2) is 6.30 Å². The van der Waals surface area contributed by atoms with Crippen LogP contribution in [0.25, 0.3) is 0 Å². The minimum Gasteiger partial charge on any atom is -0.295 e. The molecule has 12 heavy (non-hydrogen) atoms. The Bertz CT molecular complexity index is 107.